The summed E-state index contributed by atoms with van der Waals surface area (Å²) < 4.78 is 0. The predicted octanol–water partition coefficient (Wildman–Crippen LogP) is 3.28. The molecular formula is C16H25N3. The van der Waals surface area contributed by atoms with Gasteiger partial charge in [0.05, 0.1) is 5.69 Å². The second kappa shape index (κ2) is 5.91. The van der Waals surface area contributed by atoms with E-state index in [1.54, 1.807) is 0 Å². The summed E-state index contributed by atoms with van der Waals surface area (Å²) >= 11 is 0. The third-order valence-corrected chi connectivity index (χ3v) is 3.98. The summed E-state index contributed by atoms with van der Waals surface area (Å²) in [5, 5.41) is 3.38. The smallest absolute Gasteiger partial charge is 0.126 e. The number of nitrogens with one attached hydrogen (secondary N) is 1. The highest BCUT2D eigenvalue weighted by atomic mass is 15.2. The molecule has 0 bridgehead atoms. The highest BCUT2D eigenvalue weighted by molar-refractivity contribution is 5.35. The Morgan fingerprint density at radius 2 is 2.11 bits per heavy atom. The van der Waals surface area contributed by atoms with Crippen molar-refractivity contribution in [1.82, 2.24) is 9.88 Å². The van der Waals surface area contributed by atoms with Gasteiger partial charge in [0.2, 0.25) is 0 Å². The van der Waals surface area contributed by atoms with Crippen LogP contribution in [0.1, 0.15) is 44.7 Å². The largest absolute Gasteiger partial charge is 0.370 e. The van der Waals surface area contributed by atoms with Crippen LogP contribution in [0.15, 0.2) is 18.2 Å². The van der Waals surface area contributed by atoms with Crippen LogP contribution >= 0.6 is 0 Å². The van der Waals surface area contributed by atoms with Gasteiger partial charge in [-0.3, -0.25) is 4.90 Å². The first-order valence-corrected chi connectivity index (χ1v) is 7.79. The molecule has 2 fully saturated rings. The van der Waals surface area contributed by atoms with Gasteiger partial charge in [-0.15, -0.1) is 0 Å². The average molecular weight is 259 g/mol. The van der Waals surface area contributed by atoms with Crippen LogP contribution in [0.3, 0.4) is 0 Å². The number of hydrogen-bond acceptors (Lipinski definition) is 3. The molecular weight excluding hydrogens is 234 g/mol. The molecule has 1 heterocycles. The third-order valence-electron chi connectivity index (χ3n) is 3.98. The molecule has 0 radical (unpaired) electrons. The SMILES string of the molecule is CCCNc1cccc(CN(CC2CC2)C2CC2)n1. The van der Waals surface area contributed by atoms with Gasteiger partial charge in [-0.1, -0.05) is 13.0 Å². The molecule has 1 aromatic rings. The zero-order chi connectivity index (χ0) is 13.1. The maximum Gasteiger partial charge on any atom is 0.126 e. The lowest BCUT2D eigenvalue weighted by Crippen LogP contribution is -2.28. The number of aromatic nitrogens is 1. The molecule has 0 amide bonds. The number of pyridine rings is 1. The Kier molecular flexibility index (Phi) is 4.02. The second-order valence-corrected chi connectivity index (χ2v) is 6.04. The van der Waals surface area contributed by atoms with Crippen molar-refractivity contribution in [3.8, 4) is 0 Å². The number of anilines is 1. The highest BCUT2D eigenvalue weighted by Crippen LogP contribution is 2.35. The van der Waals surface area contributed by atoms with Crippen molar-refractivity contribution in [2.24, 2.45) is 5.92 Å². The second-order valence-electron chi connectivity index (χ2n) is 6.04. The molecule has 0 spiro atoms. The fraction of sp³-hybridized carbons (Fsp3) is 0.688. The molecule has 0 aliphatic heterocycles. The molecule has 2 aliphatic carbocycles. The van der Waals surface area contributed by atoms with Crippen LogP contribution in [-0.2, 0) is 6.54 Å². The van der Waals surface area contributed by atoms with Crippen molar-refractivity contribution in [3.05, 3.63) is 23.9 Å². The quantitative estimate of drug-likeness (QED) is 0.776. The first kappa shape index (κ1) is 12.9. The average Bonchev–Trinajstić information content (AvgIpc) is 3.28. The van der Waals surface area contributed by atoms with E-state index in [0.29, 0.717) is 0 Å². The van der Waals surface area contributed by atoms with Crippen LogP contribution in [0.4, 0.5) is 5.82 Å². The Balaban J connectivity index is 1.59. The van der Waals surface area contributed by atoms with Crippen molar-refractivity contribution < 1.29 is 0 Å². The molecule has 1 N–H and O–H groups in total. The molecule has 2 aliphatic rings. The van der Waals surface area contributed by atoms with E-state index < -0.39 is 0 Å². The van der Waals surface area contributed by atoms with Crippen LogP contribution in [0.25, 0.3) is 0 Å². The lowest BCUT2D eigenvalue weighted by Gasteiger charge is -2.21. The predicted molar refractivity (Wildman–Crippen MR) is 79.2 cm³/mol. The number of nitrogens with zero attached hydrogens (tertiary/aromatic N) is 2. The Hall–Kier alpha value is -1.09. The Morgan fingerprint density at radius 3 is 2.79 bits per heavy atom. The standard InChI is InChI=1S/C16H25N3/c1-2-10-17-16-5-3-4-14(18-16)12-19(15-8-9-15)11-13-6-7-13/h3-5,13,15H,2,6-12H2,1H3,(H,17,18). The van der Waals surface area contributed by atoms with E-state index in [1.807, 2.05) is 0 Å². The maximum atomic E-state index is 4.74. The van der Waals surface area contributed by atoms with Gasteiger partial charge in [0.1, 0.15) is 5.82 Å². The minimum absolute atomic E-state index is 0.842. The van der Waals surface area contributed by atoms with Gasteiger partial charge in [0.25, 0.3) is 0 Å². The Bertz CT molecular complexity index is 410. The van der Waals surface area contributed by atoms with E-state index in [4.69, 9.17) is 4.98 Å². The highest BCUT2D eigenvalue weighted by Gasteiger charge is 2.33. The summed E-state index contributed by atoms with van der Waals surface area (Å²) in [5.74, 6) is 2.00. The summed E-state index contributed by atoms with van der Waals surface area (Å²) in [5.41, 5.74) is 1.22. The van der Waals surface area contributed by atoms with Crippen LogP contribution in [0.2, 0.25) is 0 Å². The van der Waals surface area contributed by atoms with Gasteiger partial charge in [-0.05, 0) is 50.2 Å². The van der Waals surface area contributed by atoms with Crippen molar-refractivity contribution in [2.75, 3.05) is 18.4 Å². The monoisotopic (exact) mass is 259 g/mol. The van der Waals surface area contributed by atoms with E-state index in [0.717, 1.165) is 37.3 Å². The van der Waals surface area contributed by atoms with Crippen LogP contribution < -0.4 is 5.32 Å². The maximum absolute atomic E-state index is 4.74. The van der Waals surface area contributed by atoms with Crippen molar-refractivity contribution in [2.45, 2.75) is 51.6 Å². The van der Waals surface area contributed by atoms with Crippen LogP contribution in [-0.4, -0.2) is 29.0 Å². The van der Waals surface area contributed by atoms with Crippen molar-refractivity contribution in [1.29, 1.82) is 0 Å². The van der Waals surface area contributed by atoms with Crippen molar-refractivity contribution >= 4 is 5.82 Å². The third kappa shape index (κ3) is 3.93. The number of rotatable bonds is 8. The van der Waals surface area contributed by atoms with E-state index in [-0.39, 0.29) is 0 Å². The summed E-state index contributed by atoms with van der Waals surface area (Å²) in [4.78, 5) is 7.39. The van der Waals surface area contributed by atoms with Gasteiger partial charge in [0.15, 0.2) is 0 Å². The fourth-order valence-electron chi connectivity index (χ4n) is 2.54. The van der Waals surface area contributed by atoms with Gasteiger partial charge >= 0.3 is 0 Å². The van der Waals surface area contributed by atoms with Gasteiger partial charge in [-0.2, -0.15) is 0 Å². The molecule has 0 atom stereocenters. The molecule has 0 unspecified atom stereocenters. The summed E-state index contributed by atoms with van der Waals surface area (Å²) in [7, 11) is 0. The molecule has 2 saturated carbocycles. The van der Waals surface area contributed by atoms with Gasteiger partial charge in [0, 0.05) is 25.7 Å². The Morgan fingerprint density at radius 1 is 1.26 bits per heavy atom. The minimum Gasteiger partial charge on any atom is -0.370 e. The van der Waals surface area contributed by atoms with E-state index >= 15 is 0 Å². The van der Waals surface area contributed by atoms with E-state index in [2.05, 4.69) is 35.3 Å². The molecule has 0 aromatic carbocycles. The van der Waals surface area contributed by atoms with E-state index in [9.17, 15) is 0 Å². The summed E-state index contributed by atoms with van der Waals surface area (Å²) in [6.07, 6.45) is 6.80. The Labute approximate surface area is 116 Å². The topological polar surface area (TPSA) is 28.2 Å². The normalized spacial score (nSPS) is 18.8. The zero-order valence-corrected chi connectivity index (χ0v) is 11.9. The molecule has 19 heavy (non-hydrogen) atoms. The van der Waals surface area contributed by atoms with E-state index in [1.165, 1.54) is 37.9 Å². The molecule has 3 nitrogen and oxygen atoms in total. The summed E-state index contributed by atoms with van der Waals surface area (Å²) in [6.45, 7) is 5.51. The minimum atomic E-state index is 0.842. The first-order valence-electron chi connectivity index (χ1n) is 7.79. The van der Waals surface area contributed by atoms with Gasteiger partial charge < -0.3 is 5.32 Å². The molecule has 0 saturated heterocycles. The van der Waals surface area contributed by atoms with Crippen LogP contribution in [0, 0.1) is 5.92 Å². The lowest BCUT2D eigenvalue weighted by atomic mass is 10.3. The molecule has 3 heteroatoms. The molecule has 1 aromatic heterocycles. The molecule has 104 valence electrons. The number of hydrogen-bond donors (Lipinski definition) is 1. The fourth-order valence-corrected chi connectivity index (χ4v) is 2.54. The first-order chi connectivity index (χ1) is 9.35. The summed E-state index contributed by atoms with van der Waals surface area (Å²) in [6, 6.07) is 7.21. The van der Waals surface area contributed by atoms with Crippen LogP contribution in [0.5, 0.6) is 0 Å². The van der Waals surface area contributed by atoms with Gasteiger partial charge in [-0.25, -0.2) is 4.98 Å². The lowest BCUT2D eigenvalue weighted by molar-refractivity contribution is 0.241. The zero-order valence-electron chi connectivity index (χ0n) is 11.9. The molecule has 3 rings (SSSR count). The van der Waals surface area contributed by atoms with Crippen molar-refractivity contribution in [3.63, 3.8) is 0 Å².